The van der Waals surface area contributed by atoms with Crippen LogP contribution in [0.3, 0.4) is 0 Å². The van der Waals surface area contributed by atoms with Crippen LogP contribution in [-0.4, -0.2) is 25.7 Å². The molecule has 3 rings (SSSR count). The van der Waals surface area contributed by atoms with Crippen LogP contribution in [0, 0.1) is 27.7 Å². The molecule has 0 spiro atoms. The molecule has 154 valence electrons. The molecule has 0 unspecified atom stereocenters. The van der Waals surface area contributed by atoms with E-state index in [9.17, 15) is 13.2 Å². The van der Waals surface area contributed by atoms with Crippen molar-refractivity contribution in [2.75, 3.05) is 16.3 Å². The van der Waals surface area contributed by atoms with E-state index in [-0.39, 0.29) is 5.91 Å². The largest absolute Gasteiger partial charge is 0.354 e. The minimum absolute atomic E-state index is 0.340. The van der Waals surface area contributed by atoms with Gasteiger partial charge in [-0.1, -0.05) is 22.8 Å². The number of carbonyl (C=O) groups excluding carboxylic acids is 1. The lowest BCUT2D eigenvalue weighted by Gasteiger charge is -2.18. The Bertz CT molecular complexity index is 1210. The van der Waals surface area contributed by atoms with E-state index in [4.69, 9.17) is 16.1 Å². The monoisotopic (exact) mass is 453 g/mol. The van der Waals surface area contributed by atoms with Crippen molar-refractivity contribution in [3.8, 4) is 11.3 Å². The van der Waals surface area contributed by atoms with E-state index in [1.807, 2.05) is 19.9 Å². The summed E-state index contributed by atoms with van der Waals surface area (Å²) in [6.07, 6.45) is 1.09. The van der Waals surface area contributed by atoms with Gasteiger partial charge >= 0.3 is 0 Å². The summed E-state index contributed by atoms with van der Waals surface area (Å²) in [5.74, 6) is -0.00664. The van der Waals surface area contributed by atoms with Gasteiger partial charge in [-0.25, -0.2) is 8.42 Å². The molecule has 0 saturated heterocycles. The van der Waals surface area contributed by atoms with Crippen molar-refractivity contribution in [3.63, 3.8) is 0 Å². The number of aryl methyl sites for hydroxylation is 3. The highest BCUT2D eigenvalue weighted by Gasteiger charge is 2.23. The van der Waals surface area contributed by atoms with Crippen LogP contribution in [0.1, 0.15) is 32.1 Å². The number of nitrogens with zero attached hydrogens (tertiary/aromatic N) is 1. The van der Waals surface area contributed by atoms with Crippen molar-refractivity contribution in [1.82, 2.24) is 5.16 Å². The second-order valence-electron chi connectivity index (χ2n) is 6.79. The summed E-state index contributed by atoms with van der Waals surface area (Å²) < 4.78 is 31.2. The lowest BCUT2D eigenvalue weighted by molar-refractivity contribution is 0.103. The average molecular weight is 454 g/mol. The standard InChI is InChI=1S/C19H20ClN3O4S2/c1-9-8-10(2)16(23-29(5,25)26)11(3)15(9)21-19(24)18-13(6-7-28-18)17-14(20)12(4)22-27-17/h6-8,23H,1-5H3,(H,21,24). The molecule has 7 nitrogen and oxygen atoms in total. The van der Waals surface area contributed by atoms with Crippen molar-refractivity contribution in [1.29, 1.82) is 0 Å². The quantitative estimate of drug-likeness (QED) is 0.571. The summed E-state index contributed by atoms with van der Waals surface area (Å²) in [5.41, 5.74) is 4.31. The number of benzene rings is 1. The fourth-order valence-corrected chi connectivity index (χ4v) is 4.72. The van der Waals surface area contributed by atoms with Gasteiger partial charge in [-0.15, -0.1) is 11.3 Å². The van der Waals surface area contributed by atoms with Gasteiger partial charge in [-0.3, -0.25) is 9.52 Å². The molecule has 0 bridgehead atoms. The maximum Gasteiger partial charge on any atom is 0.266 e. The topological polar surface area (TPSA) is 101 Å². The molecule has 1 aromatic carbocycles. The van der Waals surface area contributed by atoms with E-state index in [0.29, 0.717) is 43.9 Å². The summed E-state index contributed by atoms with van der Waals surface area (Å²) in [6.45, 7) is 7.14. The Balaban J connectivity index is 2.00. The smallest absolute Gasteiger partial charge is 0.266 e. The number of hydrogen-bond acceptors (Lipinski definition) is 6. The van der Waals surface area contributed by atoms with Crippen LogP contribution in [0.5, 0.6) is 0 Å². The van der Waals surface area contributed by atoms with Crippen molar-refractivity contribution < 1.29 is 17.7 Å². The molecule has 2 heterocycles. The molecule has 0 aliphatic heterocycles. The first-order chi connectivity index (χ1) is 13.5. The van der Waals surface area contributed by atoms with Crippen LogP contribution in [-0.2, 0) is 10.0 Å². The second-order valence-corrected chi connectivity index (χ2v) is 9.83. The van der Waals surface area contributed by atoms with Crippen molar-refractivity contribution in [2.45, 2.75) is 27.7 Å². The van der Waals surface area contributed by atoms with E-state index in [1.165, 1.54) is 11.3 Å². The predicted octanol–water partition coefficient (Wildman–Crippen LogP) is 4.91. The maximum atomic E-state index is 13.0. The Hall–Kier alpha value is -2.36. The summed E-state index contributed by atoms with van der Waals surface area (Å²) >= 11 is 7.49. The van der Waals surface area contributed by atoms with E-state index >= 15 is 0 Å². The molecule has 0 aliphatic carbocycles. The van der Waals surface area contributed by atoms with E-state index in [2.05, 4.69) is 15.2 Å². The van der Waals surface area contributed by atoms with Gasteiger partial charge in [0.1, 0.15) is 9.90 Å². The third-order valence-corrected chi connectivity index (χ3v) is 6.34. The van der Waals surface area contributed by atoms with Gasteiger partial charge in [-0.05, 0) is 55.8 Å². The SMILES string of the molecule is Cc1cc(C)c(NS(C)(=O)=O)c(C)c1NC(=O)c1sccc1-c1onc(C)c1Cl. The number of hydrogen-bond donors (Lipinski definition) is 2. The number of carbonyl (C=O) groups is 1. The van der Waals surface area contributed by atoms with Crippen LogP contribution in [0.15, 0.2) is 22.0 Å². The van der Waals surface area contributed by atoms with Gasteiger partial charge in [0, 0.05) is 11.3 Å². The van der Waals surface area contributed by atoms with E-state index in [0.717, 1.165) is 17.4 Å². The number of amides is 1. The predicted molar refractivity (Wildman–Crippen MR) is 117 cm³/mol. The molecule has 0 atom stereocenters. The average Bonchev–Trinajstić information content (AvgIpc) is 3.22. The fraction of sp³-hybridized carbons (Fsp3) is 0.263. The number of nitrogens with one attached hydrogen (secondary N) is 2. The fourth-order valence-electron chi connectivity index (χ4n) is 3.08. The molecule has 0 radical (unpaired) electrons. The molecule has 10 heteroatoms. The number of rotatable bonds is 5. The Morgan fingerprint density at radius 2 is 1.83 bits per heavy atom. The van der Waals surface area contributed by atoms with Gasteiger partial charge in [-0.2, -0.15) is 0 Å². The molecule has 0 saturated carbocycles. The third kappa shape index (κ3) is 4.31. The zero-order valence-electron chi connectivity index (χ0n) is 16.5. The first kappa shape index (κ1) is 21.4. The van der Waals surface area contributed by atoms with Crippen molar-refractivity contribution in [3.05, 3.63) is 49.8 Å². The second kappa shape index (κ2) is 7.81. The molecule has 0 fully saturated rings. The zero-order valence-corrected chi connectivity index (χ0v) is 18.9. The number of halogens is 1. The van der Waals surface area contributed by atoms with Crippen LogP contribution in [0.4, 0.5) is 11.4 Å². The number of sulfonamides is 1. The summed E-state index contributed by atoms with van der Waals surface area (Å²) in [6, 6.07) is 3.57. The molecule has 29 heavy (non-hydrogen) atoms. The van der Waals surface area contributed by atoms with E-state index in [1.54, 1.807) is 25.3 Å². The first-order valence-electron chi connectivity index (χ1n) is 8.59. The van der Waals surface area contributed by atoms with Gasteiger partial charge in [0.2, 0.25) is 10.0 Å². The summed E-state index contributed by atoms with van der Waals surface area (Å²) in [4.78, 5) is 13.4. The number of anilines is 2. The molecule has 2 N–H and O–H groups in total. The van der Waals surface area contributed by atoms with Crippen molar-refractivity contribution >= 4 is 50.2 Å². The Morgan fingerprint density at radius 3 is 2.41 bits per heavy atom. The lowest BCUT2D eigenvalue weighted by Crippen LogP contribution is -2.16. The van der Waals surface area contributed by atoms with Gasteiger partial charge in [0.25, 0.3) is 5.91 Å². The molecular formula is C19H20ClN3O4S2. The molecule has 1 amide bonds. The van der Waals surface area contributed by atoms with Gasteiger partial charge < -0.3 is 9.84 Å². The molecule has 2 aromatic heterocycles. The highest BCUT2D eigenvalue weighted by Crippen LogP contribution is 2.37. The normalized spacial score (nSPS) is 11.5. The van der Waals surface area contributed by atoms with Crippen LogP contribution in [0.25, 0.3) is 11.3 Å². The van der Waals surface area contributed by atoms with Crippen molar-refractivity contribution in [2.24, 2.45) is 0 Å². The minimum atomic E-state index is -3.46. The Kier molecular flexibility index (Phi) is 5.75. The third-order valence-electron chi connectivity index (χ3n) is 4.40. The molecular weight excluding hydrogens is 434 g/mol. The first-order valence-corrected chi connectivity index (χ1v) is 11.7. The Labute approximate surface area is 178 Å². The zero-order chi connectivity index (χ0) is 21.5. The molecule has 3 aromatic rings. The number of aromatic nitrogens is 1. The minimum Gasteiger partial charge on any atom is -0.354 e. The van der Waals surface area contributed by atoms with Crippen LogP contribution in [0.2, 0.25) is 5.02 Å². The van der Waals surface area contributed by atoms with Gasteiger partial charge in [0.15, 0.2) is 5.76 Å². The van der Waals surface area contributed by atoms with Crippen LogP contribution >= 0.6 is 22.9 Å². The summed E-state index contributed by atoms with van der Waals surface area (Å²) in [5, 5.41) is 8.87. The van der Waals surface area contributed by atoms with Crippen LogP contribution < -0.4 is 10.0 Å². The highest BCUT2D eigenvalue weighted by molar-refractivity contribution is 7.92. The highest BCUT2D eigenvalue weighted by atomic mass is 35.5. The molecule has 0 aliphatic rings. The maximum absolute atomic E-state index is 13.0. The van der Waals surface area contributed by atoms with E-state index < -0.39 is 10.0 Å². The van der Waals surface area contributed by atoms with Gasteiger partial charge in [0.05, 0.1) is 17.6 Å². The number of thiophene rings is 1. The Morgan fingerprint density at radius 1 is 1.17 bits per heavy atom. The summed E-state index contributed by atoms with van der Waals surface area (Å²) in [7, 11) is -3.46. The lowest BCUT2D eigenvalue weighted by atomic mass is 10.0.